The number of aliphatic hydroxyl groups excluding tert-OH is 2. The van der Waals surface area contributed by atoms with Gasteiger partial charge >= 0.3 is 5.97 Å². The lowest BCUT2D eigenvalue weighted by Gasteiger charge is -2.62. The van der Waals surface area contributed by atoms with Crippen molar-refractivity contribution in [3.63, 3.8) is 0 Å². The molecule has 12 atom stereocenters. The van der Waals surface area contributed by atoms with Gasteiger partial charge in [-0.05, 0) is 62.2 Å². The summed E-state index contributed by atoms with van der Waals surface area (Å²) in [5.41, 5.74) is 4.68. The average Bonchev–Trinajstić information content (AvgIpc) is 3.63. The number of Topliss-reactive ketones (excluding diaryl/α,β-unsaturated/α-hetero) is 1. The highest BCUT2D eigenvalue weighted by atomic mass is 32.2. The quantitative estimate of drug-likeness (QED) is 0.371. The van der Waals surface area contributed by atoms with Crippen molar-refractivity contribution in [2.24, 2.45) is 39.7 Å². The Labute approximate surface area is 219 Å². The Morgan fingerprint density at radius 1 is 1.19 bits per heavy atom. The van der Waals surface area contributed by atoms with Crippen LogP contribution in [0, 0.1) is 34.0 Å². The molecule has 5 fully saturated rings. The third kappa shape index (κ3) is 4.18. The van der Waals surface area contributed by atoms with Crippen molar-refractivity contribution in [2.75, 3.05) is 12.4 Å². The molecule has 8 heteroatoms. The molecule has 4 saturated carbocycles. The second-order valence-corrected chi connectivity index (χ2v) is 14.4. The van der Waals surface area contributed by atoms with Crippen LogP contribution in [0.15, 0.2) is 0 Å². The number of carbonyl (C=O) groups excluding carboxylic acids is 2. The Morgan fingerprint density at radius 3 is 2.58 bits per heavy atom. The van der Waals surface area contributed by atoms with E-state index >= 15 is 0 Å². The van der Waals surface area contributed by atoms with E-state index in [0.29, 0.717) is 25.9 Å². The first-order valence-corrected chi connectivity index (χ1v) is 15.1. The summed E-state index contributed by atoms with van der Waals surface area (Å²) in [5.74, 6) is 0.112. The molecule has 0 spiro atoms. The Balaban J connectivity index is 1.43. The average molecular weight is 524 g/mol. The summed E-state index contributed by atoms with van der Waals surface area (Å²) < 4.78 is 12.1. The van der Waals surface area contributed by atoms with Crippen molar-refractivity contribution in [3.8, 4) is 0 Å². The fourth-order valence-corrected chi connectivity index (χ4v) is 9.82. The molecule has 1 heterocycles. The molecule has 0 aromatic carbocycles. The topological polar surface area (TPSA) is 122 Å². The van der Waals surface area contributed by atoms with Gasteiger partial charge in [-0.3, -0.25) is 9.59 Å². The van der Waals surface area contributed by atoms with Crippen LogP contribution in [0.4, 0.5) is 0 Å². The van der Waals surface area contributed by atoms with Gasteiger partial charge in [0.05, 0.1) is 30.7 Å². The molecule has 4 N–H and O–H groups in total. The largest absolute Gasteiger partial charge is 0.461 e. The van der Waals surface area contributed by atoms with Crippen molar-refractivity contribution >= 4 is 23.5 Å². The number of thioether (sulfide) groups is 1. The van der Waals surface area contributed by atoms with Crippen LogP contribution in [0.25, 0.3) is 0 Å². The van der Waals surface area contributed by atoms with E-state index in [4.69, 9.17) is 15.2 Å². The van der Waals surface area contributed by atoms with Gasteiger partial charge < -0.3 is 25.4 Å². The molecule has 2 unspecified atom stereocenters. The molecule has 0 aromatic rings. The standard InChI is InChI=1S/C28H45NO6S/c1-15-7-9-28-10-8-18(30)24(28)27(15,4)21(12-26(3,22-13-34-22)25(33)16(28)2)35-23(32)14-36-20-6-5-17(29)11-19(20)31/h15-17,19-22,24-25,31,33H,5-14,29H2,1-4H3/t15?,16-,17+,19+,20+,21+,22?,24-,25-,26-,27-,28-/m0/s1. The lowest BCUT2D eigenvalue weighted by molar-refractivity contribution is -0.212. The highest BCUT2D eigenvalue weighted by Gasteiger charge is 2.70. The molecule has 0 amide bonds. The van der Waals surface area contributed by atoms with Crippen LogP contribution in [0.1, 0.15) is 79.1 Å². The number of aliphatic hydroxyl groups is 2. The van der Waals surface area contributed by atoms with Crippen molar-refractivity contribution in [1.29, 1.82) is 0 Å². The van der Waals surface area contributed by atoms with Gasteiger partial charge in [-0.25, -0.2) is 0 Å². The van der Waals surface area contributed by atoms with Crippen LogP contribution >= 0.6 is 11.8 Å². The first kappa shape index (κ1) is 26.9. The van der Waals surface area contributed by atoms with Gasteiger partial charge in [-0.15, -0.1) is 11.8 Å². The van der Waals surface area contributed by atoms with Gasteiger partial charge in [-0.1, -0.05) is 27.7 Å². The Bertz CT molecular complexity index is 882. The summed E-state index contributed by atoms with van der Waals surface area (Å²) in [4.78, 5) is 26.8. The first-order chi connectivity index (χ1) is 16.9. The van der Waals surface area contributed by atoms with Gasteiger partial charge in [0.2, 0.25) is 0 Å². The molecule has 36 heavy (non-hydrogen) atoms. The van der Waals surface area contributed by atoms with E-state index in [1.54, 1.807) is 0 Å². The first-order valence-electron chi connectivity index (χ1n) is 14.0. The molecule has 0 radical (unpaired) electrons. The number of hydrogen-bond donors (Lipinski definition) is 3. The number of epoxide rings is 1. The molecule has 2 bridgehead atoms. The number of nitrogens with two attached hydrogens (primary N) is 1. The molecule has 5 rings (SSSR count). The predicted octanol–water partition coefficient (Wildman–Crippen LogP) is 3.08. The number of carbonyl (C=O) groups is 2. The van der Waals surface area contributed by atoms with E-state index in [2.05, 4.69) is 27.7 Å². The van der Waals surface area contributed by atoms with E-state index in [1.165, 1.54) is 11.8 Å². The van der Waals surface area contributed by atoms with E-state index < -0.39 is 29.1 Å². The molecule has 5 aliphatic rings. The Morgan fingerprint density at radius 2 is 1.92 bits per heavy atom. The summed E-state index contributed by atoms with van der Waals surface area (Å²) in [6, 6.07) is 0.0202. The van der Waals surface area contributed by atoms with E-state index in [1.807, 2.05) is 0 Å². The second-order valence-electron chi connectivity index (χ2n) is 13.2. The fraction of sp³-hybridized carbons (Fsp3) is 0.929. The minimum atomic E-state index is -0.631. The predicted molar refractivity (Wildman–Crippen MR) is 138 cm³/mol. The summed E-state index contributed by atoms with van der Waals surface area (Å²) >= 11 is 1.45. The van der Waals surface area contributed by atoms with Crippen LogP contribution in [-0.4, -0.2) is 70.0 Å². The minimum absolute atomic E-state index is 0.0178. The van der Waals surface area contributed by atoms with Gasteiger partial charge in [0.1, 0.15) is 11.9 Å². The molecule has 204 valence electrons. The monoisotopic (exact) mass is 523 g/mol. The van der Waals surface area contributed by atoms with E-state index in [-0.39, 0.29) is 58.1 Å². The number of ether oxygens (including phenoxy) is 2. The van der Waals surface area contributed by atoms with Crippen LogP contribution in [-0.2, 0) is 19.1 Å². The Kier molecular flexibility index (Phi) is 7.11. The molecule has 1 aliphatic heterocycles. The zero-order chi connectivity index (χ0) is 26.0. The maximum absolute atomic E-state index is 13.5. The zero-order valence-corrected chi connectivity index (χ0v) is 23.1. The smallest absolute Gasteiger partial charge is 0.316 e. The lowest BCUT2D eigenvalue weighted by Crippen LogP contribution is -2.64. The van der Waals surface area contributed by atoms with Crippen molar-refractivity contribution in [2.45, 2.75) is 115 Å². The van der Waals surface area contributed by atoms with Gasteiger partial charge in [0, 0.05) is 34.5 Å². The molecular formula is C28H45NO6S. The van der Waals surface area contributed by atoms with Gasteiger partial charge in [0.25, 0.3) is 0 Å². The normalized spacial score (nSPS) is 52.8. The molecule has 4 aliphatic carbocycles. The third-order valence-corrected chi connectivity index (χ3v) is 12.8. The van der Waals surface area contributed by atoms with Crippen LogP contribution in [0.5, 0.6) is 0 Å². The number of rotatable bonds is 5. The second kappa shape index (κ2) is 9.51. The number of hydrogen-bond acceptors (Lipinski definition) is 8. The van der Waals surface area contributed by atoms with Gasteiger partial charge in [-0.2, -0.15) is 0 Å². The summed E-state index contributed by atoms with van der Waals surface area (Å²) in [6.45, 7) is 9.22. The van der Waals surface area contributed by atoms with Crippen molar-refractivity contribution in [1.82, 2.24) is 0 Å². The highest BCUT2D eigenvalue weighted by Crippen LogP contribution is 2.68. The maximum Gasteiger partial charge on any atom is 0.316 e. The number of esters is 1. The minimum Gasteiger partial charge on any atom is -0.461 e. The maximum atomic E-state index is 13.5. The third-order valence-electron chi connectivity index (χ3n) is 11.4. The SMILES string of the molecule is CC1CC[C@@]23CCC(=O)[C@H]2[C@]1(C)[C@H](OC(=O)CS[C@@H]1CC[C@@H](N)C[C@H]1O)C[C@@](C)(C1CO1)[C@@H](O)[C@@H]3C. The fourth-order valence-electron chi connectivity index (χ4n) is 8.76. The van der Waals surface area contributed by atoms with Crippen LogP contribution in [0.3, 0.4) is 0 Å². The molecule has 1 saturated heterocycles. The van der Waals surface area contributed by atoms with E-state index in [0.717, 1.165) is 32.1 Å². The number of ketones is 1. The van der Waals surface area contributed by atoms with Crippen molar-refractivity contribution in [3.05, 3.63) is 0 Å². The zero-order valence-electron chi connectivity index (χ0n) is 22.3. The summed E-state index contributed by atoms with van der Waals surface area (Å²) in [7, 11) is 0. The van der Waals surface area contributed by atoms with Crippen LogP contribution in [0.2, 0.25) is 0 Å². The molecular weight excluding hydrogens is 478 g/mol. The summed E-state index contributed by atoms with van der Waals surface area (Å²) in [6.07, 6.45) is 4.25. The van der Waals surface area contributed by atoms with Crippen LogP contribution < -0.4 is 5.73 Å². The lowest BCUT2D eigenvalue weighted by atomic mass is 9.43. The highest BCUT2D eigenvalue weighted by molar-refractivity contribution is 8.00. The van der Waals surface area contributed by atoms with E-state index in [9.17, 15) is 19.8 Å². The van der Waals surface area contributed by atoms with Crippen molar-refractivity contribution < 1.29 is 29.3 Å². The summed E-state index contributed by atoms with van der Waals surface area (Å²) in [5, 5.41) is 22.2. The molecule has 0 aromatic heterocycles. The Hall–Kier alpha value is -0.670. The van der Waals surface area contributed by atoms with Gasteiger partial charge in [0.15, 0.2) is 0 Å². The molecule has 7 nitrogen and oxygen atoms in total.